The van der Waals surface area contributed by atoms with E-state index in [1.54, 1.807) is 18.2 Å². The summed E-state index contributed by atoms with van der Waals surface area (Å²) in [6.45, 7) is 4.44. The highest BCUT2D eigenvalue weighted by molar-refractivity contribution is 5.91. The second-order valence-electron chi connectivity index (χ2n) is 7.52. The average molecular weight is 427 g/mol. The molecule has 7 heteroatoms. The van der Waals surface area contributed by atoms with Crippen molar-refractivity contribution < 1.29 is 14.1 Å². The lowest BCUT2D eigenvalue weighted by atomic mass is 10.1. The summed E-state index contributed by atoms with van der Waals surface area (Å²) in [5.74, 6) is 0.269. The molecule has 0 saturated heterocycles. The van der Waals surface area contributed by atoms with Crippen LogP contribution in [0.25, 0.3) is 28.6 Å². The average Bonchev–Trinajstić information content (AvgIpc) is 3.19. The van der Waals surface area contributed by atoms with Crippen LogP contribution in [-0.2, 0) is 11.3 Å². The minimum atomic E-state index is -0.468. The van der Waals surface area contributed by atoms with Crippen LogP contribution in [-0.4, -0.2) is 15.8 Å². The second kappa shape index (κ2) is 8.85. The third kappa shape index (κ3) is 4.73. The van der Waals surface area contributed by atoms with E-state index in [1.165, 1.54) is 23.8 Å². The molecule has 4 aromatic rings. The summed E-state index contributed by atoms with van der Waals surface area (Å²) in [7, 11) is 0. The number of nitrogens with zero attached hydrogens (tertiary/aromatic N) is 2. The standard InChI is InChI=1S/C25H21N3O4/c1-16-12-22-23(13-17(16)2)32-25(27-22)20-9-6-19(7-10-20)15-26-24(29)11-8-18-4-3-5-21(14-18)28(30)31/h3-14H,15H2,1-2H3,(H,26,29)/b11-8+. The molecule has 1 N–H and O–H groups in total. The topological polar surface area (TPSA) is 98.3 Å². The molecule has 0 spiro atoms. The van der Waals surface area contributed by atoms with E-state index in [4.69, 9.17) is 4.42 Å². The zero-order chi connectivity index (χ0) is 22.7. The van der Waals surface area contributed by atoms with Gasteiger partial charge in [-0.3, -0.25) is 14.9 Å². The van der Waals surface area contributed by atoms with Crippen LogP contribution in [0, 0.1) is 24.0 Å². The molecule has 0 fully saturated rings. The molecule has 32 heavy (non-hydrogen) atoms. The number of nitro benzene ring substituents is 1. The number of nitro groups is 1. The molecule has 7 nitrogen and oxygen atoms in total. The molecule has 0 aliphatic carbocycles. The smallest absolute Gasteiger partial charge is 0.270 e. The van der Waals surface area contributed by atoms with Crippen molar-refractivity contribution in [2.45, 2.75) is 20.4 Å². The van der Waals surface area contributed by atoms with Gasteiger partial charge in [-0.05, 0) is 66.4 Å². The maximum atomic E-state index is 12.1. The number of rotatable bonds is 6. The molecule has 0 aliphatic rings. The maximum Gasteiger partial charge on any atom is 0.270 e. The van der Waals surface area contributed by atoms with Crippen molar-refractivity contribution in [2.24, 2.45) is 0 Å². The minimum absolute atomic E-state index is 0.0168. The van der Waals surface area contributed by atoms with Gasteiger partial charge < -0.3 is 9.73 Å². The summed E-state index contributed by atoms with van der Waals surface area (Å²) >= 11 is 0. The number of aromatic nitrogens is 1. The Hall–Kier alpha value is -4.26. The predicted molar refractivity (Wildman–Crippen MR) is 123 cm³/mol. The fraction of sp³-hybridized carbons (Fsp3) is 0.120. The molecule has 4 rings (SSSR count). The number of hydrogen-bond donors (Lipinski definition) is 1. The van der Waals surface area contributed by atoms with Crippen LogP contribution in [0.3, 0.4) is 0 Å². The third-order valence-electron chi connectivity index (χ3n) is 5.18. The molecular formula is C25H21N3O4. The van der Waals surface area contributed by atoms with Gasteiger partial charge in [0.1, 0.15) is 5.52 Å². The first-order valence-corrected chi connectivity index (χ1v) is 10.1. The van der Waals surface area contributed by atoms with Gasteiger partial charge in [0, 0.05) is 30.3 Å². The summed E-state index contributed by atoms with van der Waals surface area (Å²) in [6.07, 6.45) is 2.90. The fourth-order valence-electron chi connectivity index (χ4n) is 3.23. The lowest BCUT2D eigenvalue weighted by Crippen LogP contribution is -2.20. The van der Waals surface area contributed by atoms with E-state index in [0.717, 1.165) is 27.8 Å². The van der Waals surface area contributed by atoms with Crippen molar-refractivity contribution in [2.75, 3.05) is 0 Å². The first kappa shape index (κ1) is 21.0. The number of oxazole rings is 1. The molecule has 0 atom stereocenters. The van der Waals surface area contributed by atoms with Gasteiger partial charge in [-0.25, -0.2) is 4.98 Å². The van der Waals surface area contributed by atoms with Crippen molar-refractivity contribution >= 4 is 28.8 Å². The highest BCUT2D eigenvalue weighted by Gasteiger charge is 2.10. The molecule has 3 aromatic carbocycles. The van der Waals surface area contributed by atoms with Gasteiger partial charge >= 0.3 is 0 Å². The van der Waals surface area contributed by atoms with Crippen LogP contribution in [0.1, 0.15) is 22.3 Å². The number of hydrogen-bond acceptors (Lipinski definition) is 5. The zero-order valence-corrected chi connectivity index (χ0v) is 17.7. The number of carbonyl (C=O) groups is 1. The second-order valence-corrected chi connectivity index (χ2v) is 7.52. The largest absolute Gasteiger partial charge is 0.436 e. The Morgan fingerprint density at radius 1 is 1.09 bits per heavy atom. The lowest BCUT2D eigenvalue weighted by Gasteiger charge is -2.03. The first-order chi connectivity index (χ1) is 15.4. The predicted octanol–water partition coefficient (Wildman–Crippen LogP) is 5.35. The third-order valence-corrected chi connectivity index (χ3v) is 5.18. The molecule has 160 valence electrons. The minimum Gasteiger partial charge on any atom is -0.436 e. The Morgan fingerprint density at radius 3 is 2.59 bits per heavy atom. The van der Waals surface area contributed by atoms with E-state index in [1.807, 2.05) is 50.2 Å². The number of nitrogens with one attached hydrogen (secondary N) is 1. The summed E-state index contributed by atoms with van der Waals surface area (Å²) in [6, 6.07) is 17.7. The Bertz CT molecular complexity index is 1300. The lowest BCUT2D eigenvalue weighted by molar-refractivity contribution is -0.384. The van der Waals surface area contributed by atoms with Gasteiger partial charge in [0.05, 0.1) is 4.92 Å². The van der Waals surface area contributed by atoms with E-state index in [2.05, 4.69) is 10.3 Å². The molecule has 0 radical (unpaired) electrons. The van der Waals surface area contributed by atoms with E-state index in [9.17, 15) is 14.9 Å². The normalized spacial score (nSPS) is 11.2. The molecule has 0 unspecified atom stereocenters. The van der Waals surface area contributed by atoms with Crippen LogP contribution >= 0.6 is 0 Å². The van der Waals surface area contributed by atoms with E-state index >= 15 is 0 Å². The van der Waals surface area contributed by atoms with Crippen LogP contribution in [0.4, 0.5) is 5.69 Å². The number of carbonyl (C=O) groups excluding carboxylic acids is 1. The number of non-ortho nitro benzene ring substituents is 1. The number of aryl methyl sites for hydroxylation is 2. The van der Waals surface area contributed by atoms with Crippen molar-refractivity contribution in [3.05, 3.63) is 99.1 Å². The Balaban J connectivity index is 1.38. The monoisotopic (exact) mass is 427 g/mol. The van der Waals surface area contributed by atoms with Crippen molar-refractivity contribution in [1.82, 2.24) is 10.3 Å². The summed E-state index contributed by atoms with van der Waals surface area (Å²) in [5.41, 5.74) is 6.27. The summed E-state index contributed by atoms with van der Waals surface area (Å²) in [5, 5.41) is 13.6. The van der Waals surface area contributed by atoms with Crippen molar-refractivity contribution in [3.8, 4) is 11.5 Å². The zero-order valence-electron chi connectivity index (χ0n) is 17.7. The van der Waals surface area contributed by atoms with Gasteiger partial charge in [0.2, 0.25) is 11.8 Å². The van der Waals surface area contributed by atoms with Gasteiger partial charge in [0.15, 0.2) is 5.58 Å². The maximum absolute atomic E-state index is 12.1. The SMILES string of the molecule is Cc1cc2nc(-c3ccc(CNC(=O)/C=C/c4cccc([N+](=O)[O-])c4)cc3)oc2cc1C. The number of fused-ring (bicyclic) bond motifs is 1. The molecular weight excluding hydrogens is 406 g/mol. The molecule has 1 amide bonds. The molecule has 0 saturated carbocycles. The van der Waals surface area contributed by atoms with Crippen LogP contribution in [0.15, 0.2) is 71.2 Å². The Kier molecular flexibility index (Phi) is 5.81. The number of benzene rings is 3. The number of amides is 1. The van der Waals surface area contributed by atoms with E-state index in [-0.39, 0.29) is 11.6 Å². The van der Waals surface area contributed by atoms with Crippen LogP contribution in [0.5, 0.6) is 0 Å². The quantitative estimate of drug-likeness (QED) is 0.254. The van der Waals surface area contributed by atoms with E-state index < -0.39 is 4.92 Å². The van der Waals surface area contributed by atoms with Gasteiger partial charge in [-0.15, -0.1) is 0 Å². The van der Waals surface area contributed by atoms with Gasteiger partial charge in [-0.2, -0.15) is 0 Å². The highest BCUT2D eigenvalue weighted by atomic mass is 16.6. The summed E-state index contributed by atoms with van der Waals surface area (Å²) in [4.78, 5) is 27.0. The van der Waals surface area contributed by atoms with Crippen LogP contribution in [0.2, 0.25) is 0 Å². The Morgan fingerprint density at radius 2 is 1.84 bits per heavy atom. The first-order valence-electron chi connectivity index (χ1n) is 10.1. The fourth-order valence-corrected chi connectivity index (χ4v) is 3.23. The van der Waals surface area contributed by atoms with Crippen molar-refractivity contribution in [3.63, 3.8) is 0 Å². The van der Waals surface area contributed by atoms with Gasteiger partial charge in [0.25, 0.3) is 5.69 Å². The summed E-state index contributed by atoms with van der Waals surface area (Å²) < 4.78 is 5.89. The van der Waals surface area contributed by atoms with Crippen molar-refractivity contribution in [1.29, 1.82) is 0 Å². The Labute approximate surface area is 184 Å². The van der Waals surface area contributed by atoms with Gasteiger partial charge in [-0.1, -0.05) is 24.3 Å². The van der Waals surface area contributed by atoms with Crippen LogP contribution < -0.4 is 5.32 Å². The highest BCUT2D eigenvalue weighted by Crippen LogP contribution is 2.26. The molecule has 1 heterocycles. The molecule has 0 bridgehead atoms. The molecule has 0 aliphatic heterocycles. The van der Waals surface area contributed by atoms with E-state index in [0.29, 0.717) is 18.0 Å². The molecule has 1 aromatic heterocycles.